The van der Waals surface area contributed by atoms with Gasteiger partial charge in [-0.2, -0.15) is 5.10 Å². The van der Waals surface area contributed by atoms with Crippen LogP contribution in [0.25, 0.3) is 0 Å². The zero-order chi connectivity index (χ0) is 9.68. The van der Waals surface area contributed by atoms with Crippen LogP contribution in [0.1, 0.15) is 5.56 Å². The molecular weight excluding hydrogens is 250 g/mol. The highest BCUT2D eigenvalue weighted by molar-refractivity contribution is 9.10. The summed E-state index contributed by atoms with van der Waals surface area (Å²) in [5.41, 5.74) is 8.63. The smallest absolute Gasteiger partial charge is 0.184 e. The van der Waals surface area contributed by atoms with Crippen molar-refractivity contribution in [1.82, 2.24) is 5.43 Å². The summed E-state index contributed by atoms with van der Waals surface area (Å²) < 4.78 is 1.01. The van der Waals surface area contributed by atoms with Crippen LogP contribution in [0.5, 0.6) is 0 Å². The molecule has 0 aliphatic rings. The van der Waals surface area contributed by atoms with Crippen molar-refractivity contribution in [3.63, 3.8) is 0 Å². The van der Waals surface area contributed by atoms with Crippen LogP contribution in [0.3, 0.4) is 0 Å². The molecule has 0 saturated heterocycles. The maximum Gasteiger partial charge on any atom is 0.184 e. The molecule has 13 heavy (non-hydrogen) atoms. The Balaban J connectivity index is 2.63. The molecule has 0 atom stereocenters. The van der Waals surface area contributed by atoms with Crippen molar-refractivity contribution in [2.75, 3.05) is 0 Å². The molecule has 3 N–H and O–H groups in total. The van der Waals surface area contributed by atoms with Gasteiger partial charge in [0.05, 0.1) is 6.21 Å². The highest BCUT2D eigenvalue weighted by Crippen LogP contribution is 2.09. The lowest BCUT2D eigenvalue weighted by Crippen LogP contribution is -2.23. The molecule has 0 aromatic heterocycles. The molecule has 0 heterocycles. The molecule has 0 spiro atoms. The maximum absolute atomic E-state index is 5.18. The van der Waals surface area contributed by atoms with Crippen molar-refractivity contribution in [3.05, 3.63) is 34.3 Å². The molecule has 1 rings (SSSR count). The second-order valence-electron chi connectivity index (χ2n) is 2.29. The van der Waals surface area contributed by atoms with Gasteiger partial charge in [0.25, 0.3) is 0 Å². The predicted octanol–water partition coefficient (Wildman–Crippen LogP) is 1.62. The molecule has 0 fully saturated rings. The molecule has 3 nitrogen and oxygen atoms in total. The highest BCUT2D eigenvalue weighted by Gasteiger charge is 1.88. The molecule has 5 heteroatoms. The second kappa shape index (κ2) is 4.94. The highest BCUT2D eigenvalue weighted by atomic mass is 79.9. The quantitative estimate of drug-likeness (QED) is 0.481. The SMILES string of the molecule is NC(=S)N/N=C/c1cccc(Br)c1. The van der Waals surface area contributed by atoms with E-state index in [1.807, 2.05) is 24.3 Å². The fraction of sp³-hybridized carbons (Fsp3) is 0. The second-order valence-corrected chi connectivity index (χ2v) is 3.64. The lowest BCUT2D eigenvalue weighted by molar-refractivity contribution is 1.04. The summed E-state index contributed by atoms with van der Waals surface area (Å²) in [6.07, 6.45) is 1.64. The van der Waals surface area contributed by atoms with Crippen molar-refractivity contribution in [2.45, 2.75) is 0 Å². The van der Waals surface area contributed by atoms with Gasteiger partial charge in [-0.25, -0.2) is 0 Å². The van der Waals surface area contributed by atoms with E-state index in [0.717, 1.165) is 10.0 Å². The fourth-order valence-corrected chi connectivity index (χ4v) is 1.23. The summed E-state index contributed by atoms with van der Waals surface area (Å²) in [6, 6.07) is 7.73. The summed E-state index contributed by atoms with van der Waals surface area (Å²) >= 11 is 7.93. The zero-order valence-corrected chi connectivity index (χ0v) is 9.10. The van der Waals surface area contributed by atoms with Crippen LogP contribution in [0, 0.1) is 0 Å². The molecule has 0 radical (unpaired) electrons. The van der Waals surface area contributed by atoms with E-state index in [-0.39, 0.29) is 5.11 Å². The largest absolute Gasteiger partial charge is 0.375 e. The monoisotopic (exact) mass is 257 g/mol. The molecule has 0 bridgehead atoms. The lowest BCUT2D eigenvalue weighted by Gasteiger charge is -1.95. The van der Waals surface area contributed by atoms with E-state index in [1.165, 1.54) is 0 Å². The van der Waals surface area contributed by atoms with Gasteiger partial charge in [-0.15, -0.1) is 0 Å². The fourth-order valence-electron chi connectivity index (χ4n) is 0.757. The summed E-state index contributed by atoms with van der Waals surface area (Å²) in [7, 11) is 0. The average Bonchev–Trinajstić information content (AvgIpc) is 2.03. The van der Waals surface area contributed by atoms with Gasteiger partial charge in [0.15, 0.2) is 5.11 Å². The first kappa shape index (κ1) is 10.1. The normalized spacial score (nSPS) is 10.2. The third kappa shape index (κ3) is 4.00. The van der Waals surface area contributed by atoms with Gasteiger partial charge in [-0.05, 0) is 29.9 Å². The number of nitrogens with zero attached hydrogens (tertiary/aromatic N) is 1. The molecule has 1 aromatic rings. The number of thiocarbonyl (C=S) groups is 1. The summed E-state index contributed by atoms with van der Waals surface area (Å²) in [4.78, 5) is 0. The Morgan fingerprint density at radius 3 is 3.00 bits per heavy atom. The Kier molecular flexibility index (Phi) is 3.85. The number of nitrogens with two attached hydrogens (primary N) is 1. The Hall–Kier alpha value is -0.940. The van der Waals surface area contributed by atoms with Crippen molar-refractivity contribution in [2.24, 2.45) is 10.8 Å². The molecule has 1 aromatic carbocycles. The van der Waals surface area contributed by atoms with Crippen LogP contribution >= 0.6 is 28.1 Å². The van der Waals surface area contributed by atoms with Crippen molar-refractivity contribution < 1.29 is 0 Å². The maximum atomic E-state index is 5.18. The molecule has 0 aliphatic carbocycles. The van der Waals surface area contributed by atoms with E-state index >= 15 is 0 Å². The molecule has 0 aliphatic heterocycles. The Labute approximate surface area is 90.1 Å². The number of hydrazone groups is 1. The Morgan fingerprint density at radius 2 is 2.38 bits per heavy atom. The number of nitrogens with one attached hydrogen (secondary N) is 1. The number of rotatable bonds is 2. The number of hydrogen-bond donors (Lipinski definition) is 2. The van der Waals surface area contributed by atoms with E-state index in [2.05, 4.69) is 38.7 Å². The van der Waals surface area contributed by atoms with E-state index < -0.39 is 0 Å². The average molecular weight is 258 g/mol. The summed E-state index contributed by atoms with van der Waals surface area (Å²) in [5.74, 6) is 0. The minimum Gasteiger partial charge on any atom is -0.375 e. The predicted molar refractivity (Wildman–Crippen MR) is 61.7 cm³/mol. The van der Waals surface area contributed by atoms with E-state index in [1.54, 1.807) is 6.21 Å². The van der Waals surface area contributed by atoms with E-state index in [4.69, 9.17) is 5.73 Å². The van der Waals surface area contributed by atoms with E-state index in [0.29, 0.717) is 0 Å². The first-order valence-electron chi connectivity index (χ1n) is 3.52. The third-order valence-electron chi connectivity index (χ3n) is 1.24. The van der Waals surface area contributed by atoms with Crippen LogP contribution in [-0.2, 0) is 0 Å². The molecule has 68 valence electrons. The number of hydrogen-bond acceptors (Lipinski definition) is 2. The minimum atomic E-state index is 0.159. The van der Waals surface area contributed by atoms with Crippen LogP contribution in [0.4, 0.5) is 0 Å². The molecule has 0 amide bonds. The van der Waals surface area contributed by atoms with Gasteiger partial charge in [0.2, 0.25) is 0 Å². The van der Waals surface area contributed by atoms with Crippen LogP contribution in [0.2, 0.25) is 0 Å². The molecule has 0 unspecified atom stereocenters. The van der Waals surface area contributed by atoms with Gasteiger partial charge in [-0.1, -0.05) is 28.1 Å². The first-order valence-corrected chi connectivity index (χ1v) is 4.72. The van der Waals surface area contributed by atoms with E-state index in [9.17, 15) is 0 Å². The summed E-state index contributed by atoms with van der Waals surface area (Å²) in [5, 5.41) is 3.98. The first-order chi connectivity index (χ1) is 6.18. The third-order valence-corrected chi connectivity index (χ3v) is 1.82. The van der Waals surface area contributed by atoms with Gasteiger partial charge >= 0.3 is 0 Å². The minimum absolute atomic E-state index is 0.159. The van der Waals surface area contributed by atoms with Gasteiger partial charge in [0, 0.05) is 4.47 Å². The van der Waals surface area contributed by atoms with Crippen LogP contribution < -0.4 is 11.2 Å². The van der Waals surface area contributed by atoms with Gasteiger partial charge in [0.1, 0.15) is 0 Å². The van der Waals surface area contributed by atoms with Crippen LogP contribution in [0.15, 0.2) is 33.8 Å². The van der Waals surface area contributed by atoms with Gasteiger partial charge < -0.3 is 5.73 Å². The molecular formula is C8H8BrN3S. The van der Waals surface area contributed by atoms with Gasteiger partial charge in [-0.3, -0.25) is 5.43 Å². The standard InChI is InChI=1S/C8H8BrN3S/c9-7-3-1-2-6(4-7)5-11-12-8(10)13/h1-5H,(H3,10,12,13)/b11-5+. The number of halogens is 1. The molecule has 0 saturated carbocycles. The van der Waals surface area contributed by atoms with Crippen molar-refractivity contribution >= 4 is 39.5 Å². The lowest BCUT2D eigenvalue weighted by atomic mass is 10.2. The van der Waals surface area contributed by atoms with Crippen molar-refractivity contribution in [3.8, 4) is 0 Å². The Morgan fingerprint density at radius 1 is 1.62 bits per heavy atom. The topological polar surface area (TPSA) is 50.4 Å². The zero-order valence-electron chi connectivity index (χ0n) is 6.70. The van der Waals surface area contributed by atoms with Crippen molar-refractivity contribution in [1.29, 1.82) is 0 Å². The van der Waals surface area contributed by atoms with Crippen LogP contribution in [-0.4, -0.2) is 11.3 Å². The number of benzene rings is 1. The Bertz CT molecular complexity index is 338. The summed E-state index contributed by atoms with van der Waals surface area (Å²) in [6.45, 7) is 0.